The number of hydrogen-bond acceptors (Lipinski definition) is 2. The van der Waals surface area contributed by atoms with Gasteiger partial charge in [-0.25, -0.2) is 0 Å². The first-order valence-corrected chi connectivity index (χ1v) is 9.04. The average molecular weight is 291 g/mol. The summed E-state index contributed by atoms with van der Waals surface area (Å²) in [6.07, 6.45) is 8.60. The lowest BCUT2D eigenvalue weighted by Gasteiger charge is -2.37. The molecule has 3 unspecified atom stereocenters. The molecule has 1 heterocycles. The minimum atomic E-state index is 0.547. The predicted molar refractivity (Wildman–Crippen MR) is 89.7 cm³/mol. The Kier molecular flexibility index (Phi) is 6.28. The molecule has 1 aromatic heterocycles. The summed E-state index contributed by atoms with van der Waals surface area (Å²) < 4.78 is 2.37. The zero-order valence-corrected chi connectivity index (χ0v) is 14.4. The smallest absolute Gasteiger partial charge is 0.0678 e. The molecule has 0 aromatic carbocycles. The Morgan fingerprint density at radius 1 is 1.19 bits per heavy atom. The van der Waals surface area contributed by atoms with Crippen molar-refractivity contribution in [1.82, 2.24) is 15.1 Å². The van der Waals surface area contributed by atoms with E-state index in [-0.39, 0.29) is 0 Å². The summed E-state index contributed by atoms with van der Waals surface area (Å²) in [6.45, 7) is 10.2. The van der Waals surface area contributed by atoms with Gasteiger partial charge in [0.05, 0.1) is 11.7 Å². The van der Waals surface area contributed by atoms with Gasteiger partial charge >= 0.3 is 0 Å². The molecule has 3 heteroatoms. The normalized spacial score (nSPS) is 26.2. The summed E-state index contributed by atoms with van der Waals surface area (Å²) in [5, 5.41) is 8.71. The third kappa shape index (κ3) is 3.88. The topological polar surface area (TPSA) is 29.9 Å². The fourth-order valence-electron chi connectivity index (χ4n) is 3.65. The van der Waals surface area contributed by atoms with E-state index in [1.54, 1.807) is 0 Å². The van der Waals surface area contributed by atoms with Crippen molar-refractivity contribution in [3.05, 3.63) is 17.5 Å². The van der Waals surface area contributed by atoms with Crippen molar-refractivity contribution < 1.29 is 0 Å². The van der Waals surface area contributed by atoms with Crippen LogP contribution in [0.4, 0.5) is 0 Å². The molecular formula is C18H33N3. The Balaban J connectivity index is 2.23. The summed E-state index contributed by atoms with van der Waals surface area (Å²) in [5.41, 5.74) is 2.66. The Hall–Kier alpha value is -0.830. The second-order valence-corrected chi connectivity index (χ2v) is 6.49. The van der Waals surface area contributed by atoms with Gasteiger partial charge in [-0.15, -0.1) is 0 Å². The Morgan fingerprint density at radius 2 is 2.00 bits per heavy atom. The molecule has 1 aliphatic carbocycles. The van der Waals surface area contributed by atoms with Gasteiger partial charge in [0, 0.05) is 11.7 Å². The lowest BCUT2D eigenvalue weighted by molar-refractivity contribution is 0.187. The highest BCUT2D eigenvalue weighted by Gasteiger charge is 2.32. The summed E-state index contributed by atoms with van der Waals surface area (Å²) >= 11 is 0. The van der Waals surface area contributed by atoms with Crippen molar-refractivity contribution in [2.24, 2.45) is 5.92 Å². The number of aryl methyl sites for hydroxylation is 2. The van der Waals surface area contributed by atoms with E-state index in [0.29, 0.717) is 12.1 Å². The predicted octanol–water partition coefficient (Wildman–Crippen LogP) is 4.13. The first-order valence-electron chi connectivity index (χ1n) is 9.04. The molecule has 2 rings (SSSR count). The monoisotopic (exact) mass is 291 g/mol. The number of aromatic nitrogens is 2. The molecule has 0 bridgehead atoms. The van der Waals surface area contributed by atoms with E-state index in [9.17, 15) is 0 Å². The van der Waals surface area contributed by atoms with Crippen LogP contribution in [-0.2, 0) is 12.8 Å². The third-order valence-corrected chi connectivity index (χ3v) is 5.06. The highest BCUT2D eigenvalue weighted by atomic mass is 15.3. The maximum Gasteiger partial charge on any atom is 0.0678 e. The zero-order chi connectivity index (χ0) is 15.2. The fraction of sp³-hybridized carbons (Fsp3) is 0.833. The SMILES string of the molecule is CCCNC1CCC(CC)CC1n1nc(CC)cc1CC. The molecule has 1 aromatic rings. The Labute approximate surface area is 130 Å². The number of nitrogens with zero attached hydrogens (tertiary/aromatic N) is 2. The minimum absolute atomic E-state index is 0.547. The second-order valence-electron chi connectivity index (χ2n) is 6.49. The maximum absolute atomic E-state index is 4.93. The van der Waals surface area contributed by atoms with Crippen LogP contribution in [0.3, 0.4) is 0 Å². The molecule has 0 saturated heterocycles. The van der Waals surface area contributed by atoms with Gasteiger partial charge in [-0.2, -0.15) is 5.10 Å². The average Bonchev–Trinajstić information content (AvgIpc) is 2.96. The van der Waals surface area contributed by atoms with Crippen LogP contribution in [0.2, 0.25) is 0 Å². The van der Waals surface area contributed by atoms with Crippen LogP contribution in [0, 0.1) is 5.92 Å². The minimum Gasteiger partial charge on any atom is -0.312 e. The van der Waals surface area contributed by atoms with Gasteiger partial charge in [-0.1, -0.05) is 34.1 Å². The molecule has 3 nitrogen and oxygen atoms in total. The first kappa shape index (κ1) is 16.5. The number of nitrogens with one attached hydrogen (secondary N) is 1. The Morgan fingerprint density at radius 3 is 2.62 bits per heavy atom. The molecule has 0 aliphatic heterocycles. The van der Waals surface area contributed by atoms with E-state index in [0.717, 1.165) is 25.3 Å². The first-order chi connectivity index (χ1) is 10.2. The van der Waals surface area contributed by atoms with E-state index >= 15 is 0 Å². The molecule has 3 atom stereocenters. The summed E-state index contributed by atoms with van der Waals surface area (Å²) in [7, 11) is 0. The molecule has 21 heavy (non-hydrogen) atoms. The van der Waals surface area contributed by atoms with Crippen molar-refractivity contribution in [2.45, 2.75) is 84.7 Å². The molecule has 0 spiro atoms. The van der Waals surface area contributed by atoms with E-state index in [1.165, 1.54) is 43.5 Å². The van der Waals surface area contributed by atoms with Gasteiger partial charge in [-0.3, -0.25) is 4.68 Å². The summed E-state index contributed by atoms with van der Waals surface area (Å²) in [6, 6.07) is 3.46. The molecular weight excluding hydrogens is 258 g/mol. The molecule has 120 valence electrons. The molecule has 1 aliphatic rings. The highest BCUT2D eigenvalue weighted by Crippen LogP contribution is 2.35. The molecule has 1 fully saturated rings. The van der Waals surface area contributed by atoms with Crippen LogP contribution in [0.1, 0.15) is 77.2 Å². The van der Waals surface area contributed by atoms with Gasteiger partial charge in [-0.05, 0) is 57.1 Å². The number of hydrogen-bond donors (Lipinski definition) is 1. The highest BCUT2D eigenvalue weighted by molar-refractivity contribution is 5.12. The standard InChI is InChI=1S/C18H33N3/c1-5-11-19-17-10-9-14(6-2)12-18(17)21-16(8-4)13-15(7-3)20-21/h13-14,17-19H,5-12H2,1-4H3. The van der Waals surface area contributed by atoms with E-state index in [2.05, 4.69) is 43.8 Å². The van der Waals surface area contributed by atoms with Crippen LogP contribution in [0.25, 0.3) is 0 Å². The van der Waals surface area contributed by atoms with E-state index < -0.39 is 0 Å². The molecule has 0 radical (unpaired) electrons. The van der Waals surface area contributed by atoms with Crippen LogP contribution in [0.5, 0.6) is 0 Å². The van der Waals surface area contributed by atoms with Crippen molar-refractivity contribution in [2.75, 3.05) is 6.54 Å². The van der Waals surface area contributed by atoms with Crippen molar-refractivity contribution in [3.63, 3.8) is 0 Å². The fourth-order valence-corrected chi connectivity index (χ4v) is 3.65. The van der Waals surface area contributed by atoms with Crippen LogP contribution < -0.4 is 5.32 Å². The van der Waals surface area contributed by atoms with Gasteiger partial charge in [0.15, 0.2) is 0 Å². The van der Waals surface area contributed by atoms with Crippen molar-refractivity contribution in [1.29, 1.82) is 0 Å². The maximum atomic E-state index is 4.93. The molecule has 1 saturated carbocycles. The van der Waals surface area contributed by atoms with Gasteiger partial charge < -0.3 is 5.32 Å². The lowest BCUT2D eigenvalue weighted by Crippen LogP contribution is -2.43. The summed E-state index contributed by atoms with van der Waals surface area (Å²) in [4.78, 5) is 0. The lowest BCUT2D eigenvalue weighted by atomic mass is 9.81. The quantitative estimate of drug-likeness (QED) is 0.818. The van der Waals surface area contributed by atoms with E-state index in [1.807, 2.05) is 0 Å². The van der Waals surface area contributed by atoms with Crippen molar-refractivity contribution >= 4 is 0 Å². The van der Waals surface area contributed by atoms with Crippen LogP contribution in [0.15, 0.2) is 6.07 Å². The van der Waals surface area contributed by atoms with Gasteiger partial charge in [0.2, 0.25) is 0 Å². The van der Waals surface area contributed by atoms with Crippen molar-refractivity contribution in [3.8, 4) is 0 Å². The Bertz CT molecular complexity index is 424. The van der Waals surface area contributed by atoms with E-state index in [4.69, 9.17) is 5.10 Å². The summed E-state index contributed by atoms with van der Waals surface area (Å²) in [5.74, 6) is 0.869. The third-order valence-electron chi connectivity index (χ3n) is 5.06. The number of rotatable bonds is 7. The molecule has 1 N–H and O–H groups in total. The second kappa shape index (κ2) is 7.98. The molecule has 0 amide bonds. The zero-order valence-electron chi connectivity index (χ0n) is 14.4. The van der Waals surface area contributed by atoms with Crippen LogP contribution in [-0.4, -0.2) is 22.4 Å². The van der Waals surface area contributed by atoms with Gasteiger partial charge in [0.1, 0.15) is 0 Å². The van der Waals surface area contributed by atoms with Gasteiger partial charge in [0.25, 0.3) is 0 Å². The van der Waals surface area contributed by atoms with Crippen LogP contribution >= 0.6 is 0 Å². The largest absolute Gasteiger partial charge is 0.312 e.